The van der Waals surface area contributed by atoms with E-state index >= 15 is 0 Å². The first kappa shape index (κ1) is 15.1. The maximum Gasteiger partial charge on any atom is 0.249 e. The Morgan fingerprint density at radius 2 is 1.12 bits per heavy atom. The molecule has 0 unspecified atom stereocenters. The first-order valence-corrected chi connectivity index (χ1v) is 7.99. The van der Waals surface area contributed by atoms with Gasteiger partial charge in [0.2, 0.25) is 5.91 Å². The van der Waals surface area contributed by atoms with Crippen molar-refractivity contribution in [1.29, 1.82) is 0 Å². The number of hydrogen-bond acceptors (Lipinski definition) is 2. The summed E-state index contributed by atoms with van der Waals surface area (Å²) in [6.07, 6.45) is 0. The molecule has 120 valence electrons. The van der Waals surface area contributed by atoms with Gasteiger partial charge < -0.3 is 5.73 Å². The third kappa shape index (κ3) is 2.66. The fraction of sp³-hybridized carbons (Fsp3) is 0. The first-order valence-electron chi connectivity index (χ1n) is 7.99. The molecular formula is C22H15NO2. The summed E-state index contributed by atoms with van der Waals surface area (Å²) in [5.74, 6) is -0.805. The summed E-state index contributed by atoms with van der Waals surface area (Å²) in [5, 5.41) is 3.82. The second-order valence-corrected chi connectivity index (χ2v) is 6.00. The molecule has 0 saturated carbocycles. The van der Waals surface area contributed by atoms with Gasteiger partial charge in [-0.2, -0.15) is 0 Å². The van der Waals surface area contributed by atoms with Crippen molar-refractivity contribution in [3.63, 3.8) is 0 Å². The minimum atomic E-state index is -0.602. The molecule has 2 N–H and O–H groups in total. The van der Waals surface area contributed by atoms with Crippen LogP contribution in [-0.2, 0) is 0 Å². The first-order chi connectivity index (χ1) is 12.1. The van der Waals surface area contributed by atoms with Crippen molar-refractivity contribution in [1.82, 2.24) is 0 Å². The van der Waals surface area contributed by atoms with Crippen molar-refractivity contribution in [2.45, 2.75) is 0 Å². The smallest absolute Gasteiger partial charge is 0.249 e. The third-order valence-corrected chi connectivity index (χ3v) is 4.41. The molecule has 0 aliphatic heterocycles. The van der Waals surface area contributed by atoms with Crippen molar-refractivity contribution >= 4 is 33.2 Å². The summed E-state index contributed by atoms with van der Waals surface area (Å²) in [6, 6.07) is 24.4. The van der Waals surface area contributed by atoms with Crippen molar-refractivity contribution < 1.29 is 9.59 Å². The average Bonchev–Trinajstić information content (AvgIpc) is 2.66. The number of rotatable bonds is 3. The topological polar surface area (TPSA) is 60.2 Å². The predicted octanol–water partition coefficient (Wildman–Crippen LogP) is 4.32. The SMILES string of the molecule is NC(=O)c1cc2ccccc2cc1C(=O)c1ccc2ccccc2c1. The zero-order chi connectivity index (χ0) is 17.4. The standard InChI is InChI=1S/C22H15NO2/c23-22(25)20-13-17-8-4-3-7-16(17)12-19(20)21(24)18-10-9-14-5-1-2-6-15(14)11-18/h1-13H,(H2,23,25). The highest BCUT2D eigenvalue weighted by Crippen LogP contribution is 2.24. The van der Waals surface area contributed by atoms with E-state index in [-0.39, 0.29) is 11.3 Å². The molecule has 3 heteroatoms. The van der Waals surface area contributed by atoms with Crippen LogP contribution in [0.5, 0.6) is 0 Å². The van der Waals surface area contributed by atoms with E-state index in [1.54, 1.807) is 18.2 Å². The fourth-order valence-corrected chi connectivity index (χ4v) is 3.12. The van der Waals surface area contributed by atoms with E-state index < -0.39 is 5.91 Å². The average molecular weight is 325 g/mol. The van der Waals surface area contributed by atoms with Gasteiger partial charge in [0.1, 0.15) is 0 Å². The van der Waals surface area contributed by atoms with Gasteiger partial charge in [-0.3, -0.25) is 9.59 Å². The summed E-state index contributed by atoms with van der Waals surface area (Å²) in [6.45, 7) is 0. The van der Waals surface area contributed by atoms with Crippen LogP contribution in [0.3, 0.4) is 0 Å². The van der Waals surface area contributed by atoms with Crippen LogP contribution >= 0.6 is 0 Å². The van der Waals surface area contributed by atoms with E-state index in [1.807, 2.05) is 60.7 Å². The number of ketones is 1. The maximum absolute atomic E-state index is 13.1. The summed E-state index contributed by atoms with van der Waals surface area (Å²) in [5.41, 5.74) is 6.64. The molecule has 3 nitrogen and oxygen atoms in total. The van der Waals surface area contributed by atoms with Gasteiger partial charge in [0.15, 0.2) is 5.78 Å². The molecule has 25 heavy (non-hydrogen) atoms. The minimum absolute atomic E-state index is 0.203. The molecule has 0 saturated heterocycles. The van der Waals surface area contributed by atoms with Crippen LogP contribution in [0.25, 0.3) is 21.5 Å². The molecule has 0 atom stereocenters. The molecule has 0 aromatic heterocycles. The van der Waals surface area contributed by atoms with E-state index in [9.17, 15) is 9.59 Å². The molecule has 4 aromatic carbocycles. The number of nitrogens with two attached hydrogens (primary N) is 1. The molecule has 0 heterocycles. The number of carbonyl (C=O) groups is 2. The lowest BCUT2D eigenvalue weighted by Crippen LogP contribution is -2.17. The molecular weight excluding hydrogens is 310 g/mol. The number of fused-ring (bicyclic) bond motifs is 2. The van der Waals surface area contributed by atoms with Crippen LogP contribution in [-0.4, -0.2) is 11.7 Å². The van der Waals surface area contributed by atoms with E-state index in [0.717, 1.165) is 21.5 Å². The molecule has 0 fully saturated rings. The van der Waals surface area contributed by atoms with Gasteiger partial charge in [-0.05, 0) is 39.7 Å². The van der Waals surface area contributed by atoms with Crippen LogP contribution in [0.1, 0.15) is 26.3 Å². The minimum Gasteiger partial charge on any atom is -0.366 e. The van der Waals surface area contributed by atoms with Gasteiger partial charge in [0.25, 0.3) is 0 Å². The zero-order valence-electron chi connectivity index (χ0n) is 13.4. The quantitative estimate of drug-likeness (QED) is 0.570. The number of hydrogen-bond donors (Lipinski definition) is 1. The van der Waals surface area contributed by atoms with Gasteiger partial charge in [-0.1, -0.05) is 60.7 Å². The Hall–Kier alpha value is -3.46. The van der Waals surface area contributed by atoms with E-state index in [4.69, 9.17) is 5.73 Å². The molecule has 0 radical (unpaired) electrons. The monoisotopic (exact) mass is 325 g/mol. The Labute approximate surface area is 144 Å². The van der Waals surface area contributed by atoms with E-state index in [0.29, 0.717) is 11.1 Å². The highest BCUT2D eigenvalue weighted by Gasteiger charge is 2.18. The van der Waals surface area contributed by atoms with E-state index in [1.165, 1.54) is 0 Å². The van der Waals surface area contributed by atoms with Crippen LogP contribution < -0.4 is 5.73 Å². The van der Waals surface area contributed by atoms with Gasteiger partial charge >= 0.3 is 0 Å². The fourth-order valence-electron chi connectivity index (χ4n) is 3.12. The van der Waals surface area contributed by atoms with Gasteiger partial charge in [-0.15, -0.1) is 0 Å². The van der Waals surface area contributed by atoms with Gasteiger partial charge in [0.05, 0.1) is 5.56 Å². The second kappa shape index (κ2) is 5.87. The van der Waals surface area contributed by atoms with Crippen LogP contribution in [0, 0.1) is 0 Å². The third-order valence-electron chi connectivity index (χ3n) is 4.41. The number of carbonyl (C=O) groups excluding carboxylic acids is 2. The molecule has 0 spiro atoms. The highest BCUT2D eigenvalue weighted by atomic mass is 16.1. The summed E-state index contributed by atoms with van der Waals surface area (Å²) in [7, 11) is 0. The Morgan fingerprint density at radius 3 is 1.72 bits per heavy atom. The lowest BCUT2D eigenvalue weighted by atomic mass is 9.93. The lowest BCUT2D eigenvalue weighted by Gasteiger charge is -2.09. The van der Waals surface area contributed by atoms with Crippen molar-refractivity contribution in [3.05, 3.63) is 95.6 Å². The Bertz CT molecular complexity index is 1150. The predicted molar refractivity (Wildman–Crippen MR) is 99.8 cm³/mol. The van der Waals surface area contributed by atoms with Gasteiger partial charge in [0, 0.05) is 11.1 Å². The lowest BCUT2D eigenvalue weighted by molar-refractivity contribution is 0.0981. The van der Waals surface area contributed by atoms with Crippen molar-refractivity contribution in [3.8, 4) is 0 Å². The molecule has 4 aromatic rings. The molecule has 0 aliphatic carbocycles. The normalized spacial score (nSPS) is 10.9. The van der Waals surface area contributed by atoms with E-state index in [2.05, 4.69) is 0 Å². The molecule has 1 amide bonds. The maximum atomic E-state index is 13.1. The van der Waals surface area contributed by atoms with Crippen molar-refractivity contribution in [2.24, 2.45) is 5.73 Å². The summed E-state index contributed by atoms with van der Waals surface area (Å²) in [4.78, 5) is 24.9. The summed E-state index contributed by atoms with van der Waals surface area (Å²) < 4.78 is 0. The summed E-state index contributed by atoms with van der Waals surface area (Å²) >= 11 is 0. The van der Waals surface area contributed by atoms with Crippen LogP contribution in [0.15, 0.2) is 78.9 Å². The molecule has 0 bridgehead atoms. The van der Waals surface area contributed by atoms with Crippen molar-refractivity contribution in [2.75, 3.05) is 0 Å². The number of amides is 1. The Morgan fingerprint density at radius 1 is 0.600 bits per heavy atom. The zero-order valence-corrected chi connectivity index (χ0v) is 13.4. The number of primary amides is 1. The highest BCUT2D eigenvalue weighted by molar-refractivity contribution is 6.18. The number of benzene rings is 4. The molecule has 4 rings (SSSR count). The largest absolute Gasteiger partial charge is 0.366 e. The van der Waals surface area contributed by atoms with Crippen LogP contribution in [0.4, 0.5) is 0 Å². The van der Waals surface area contributed by atoms with Gasteiger partial charge in [-0.25, -0.2) is 0 Å². The van der Waals surface area contributed by atoms with Crippen LogP contribution in [0.2, 0.25) is 0 Å². The Kier molecular flexibility index (Phi) is 3.55. The second-order valence-electron chi connectivity index (χ2n) is 6.00. The molecule has 0 aliphatic rings. The Balaban J connectivity index is 1.90.